The van der Waals surface area contributed by atoms with Gasteiger partial charge in [0.25, 0.3) is 5.91 Å². The van der Waals surface area contributed by atoms with E-state index < -0.39 is 17.8 Å². The highest BCUT2D eigenvalue weighted by Crippen LogP contribution is 2.10. The molecule has 0 aliphatic heterocycles. The van der Waals surface area contributed by atoms with Gasteiger partial charge in [-0.3, -0.25) is 4.79 Å². The molecule has 0 spiro atoms. The Morgan fingerprint density at radius 2 is 2.15 bits per heavy atom. The molecular formula is C13H14FN3O3. The number of rotatable bonds is 4. The second kappa shape index (κ2) is 7.76. The van der Waals surface area contributed by atoms with Crippen molar-refractivity contribution in [2.45, 2.75) is 0 Å². The molecule has 0 fully saturated rings. The van der Waals surface area contributed by atoms with E-state index in [1.54, 1.807) is 0 Å². The first-order chi connectivity index (χ1) is 9.54. The number of hydrogen-bond donors (Lipinski definition) is 3. The molecule has 106 valence electrons. The highest BCUT2D eigenvalue weighted by atomic mass is 19.1. The number of hydrogen-bond acceptors (Lipinski definition) is 4. The summed E-state index contributed by atoms with van der Waals surface area (Å²) in [5.41, 5.74) is 10.5. The van der Waals surface area contributed by atoms with E-state index in [0.717, 1.165) is 12.1 Å². The third kappa shape index (κ3) is 4.96. The lowest BCUT2D eigenvalue weighted by atomic mass is 10.1. The number of halogens is 1. The normalized spacial score (nSPS) is 9.30. The molecule has 7 heteroatoms. The number of amides is 2. The molecule has 1 aromatic rings. The summed E-state index contributed by atoms with van der Waals surface area (Å²) in [4.78, 5) is 22.2. The summed E-state index contributed by atoms with van der Waals surface area (Å²) in [6.07, 6.45) is -0.921. The molecule has 5 N–H and O–H groups in total. The van der Waals surface area contributed by atoms with Gasteiger partial charge in [-0.25, -0.2) is 9.18 Å². The van der Waals surface area contributed by atoms with Gasteiger partial charge >= 0.3 is 6.09 Å². The predicted octanol–water partition coefficient (Wildman–Crippen LogP) is -0.0390. The third-order valence-corrected chi connectivity index (χ3v) is 2.18. The van der Waals surface area contributed by atoms with Crippen molar-refractivity contribution in [2.24, 2.45) is 11.5 Å². The molecule has 0 radical (unpaired) electrons. The number of carbonyl (C=O) groups is 2. The van der Waals surface area contributed by atoms with E-state index in [9.17, 15) is 14.0 Å². The molecule has 0 saturated heterocycles. The molecule has 0 heterocycles. The van der Waals surface area contributed by atoms with Gasteiger partial charge in [-0.05, 0) is 18.2 Å². The van der Waals surface area contributed by atoms with Crippen LogP contribution in [0.4, 0.5) is 9.18 Å². The third-order valence-electron chi connectivity index (χ3n) is 2.18. The monoisotopic (exact) mass is 279 g/mol. The van der Waals surface area contributed by atoms with Crippen molar-refractivity contribution in [3.05, 3.63) is 35.1 Å². The zero-order chi connectivity index (χ0) is 15.0. The van der Waals surface area contributed by atoms with Crippen molar-refractivity contribution in [1.29, 1.82) is 0 Å². The Bertz CT molecular complexity index is 564. The average molecular weight is 279 g/mol. The lowest BCUT2D eigenvalue weighted by Gasteiger charge is -2.07. The molecule has 0 saturated carbocycles. The Labute approximate surface area is 115 Å². The first kappa shape index (κ1) is 15.5. The van der Waals surface area contributed by atoms with Crippen LogP contribution in [0.25, 0.3) is 0 Å². The van der Waals surface area contributed by atoms with Gasteiger partial charge in [0, 0.05) is 5.56 Å². The molecule has 0 aliphatic carbocycles. The molecular weight excluding hydrogens is 265 g/mol. The van der Waals surface area contributed by atoms with Crippen molar-refractivity contribution < 1.29 is 18.7 Å². The summed E-state index contributed by atoms with van der Waals surface area (Å²) in [7, 11) is 0. The summed E-state index contributed by atoms with van der Waals surface area (Å²) < 4.78 is 17.6. The topological polar surface area (TPSA) is 107 Å². The zero-order valence-corrected chi connectivity index (χ0v) is 10.6. The minimum atomic E-state index is -0.921. The fourth-order valence-corrected chi connectivity index (χ4v) is 1.38. The van der Waals surface area contributed by atoms with Gasteiger partial charge in [0.2, 0.25) is 0 Å². The zero-order valence-electron chi connectivity index (χ0n) is 10.6. The highest BCUT2D eigenvalue weighted by molar-refractivity contribution is 5.96. The van der Waals surface area contributed by atoms with Gasteiger partial charge in [-0.15, -0.1) is 0 Å². The Morgan fingerprint density at radius 3 is 2.80 bits per heavy atom. The SMILES string of the molecule is NCC#Cc1cc(F)ccc1C(=O)NCCOC(N)=O. The second-order valence-electron chi connectivity index (χ2n) is 3.62. The fraction of sp³-hybridized carbons (Fsp3) is 0.231. The summed E-state index contributed by atoms with van der Waals surface area (Å²) in [6.45, 7) is 0.138. The van der Waals surface area contributed by atoms with Crippen molar-refractivity contribution in [3.63, 3.8) is 0 Å². The van der Waals surface area contributed by atoms with E-state index in [2.05, 4.69) is 21.9 Å². The van der Waals surface area contributed by atoms with Crippen LogP contribution in [0.1, 0.15) is 15.9 Å². The van der Waals surface area contributed by atoms with Crippen LogP contribution in [0.15, 0.2) is 18.2 Å². The Kier molecular flexibility index (Phi) is 6.00. The van der Waals surface area contributed by atoms with Crippen molar-refractivity contribution >= 4 is 12.0 Å². The first-order valence-electron chi connectivity index (χ1n) is 5.73. The van der Waals surface area contributed by atoms with Gasteiger partial charge in [-0.2, -0.15) is 0 Å². The molecule has 6 nitrogen and oxygen atoms in total. The standard InChI is InChI=1S/C13H14FN3O3/c14-10-3-4-11(9(8-10)2-1-5-15)12(18)17-6-7-20-13(16)19/h3-4,8H,5-7,15H2,(H2,16,19)(H,17,18). The van der Waals surface area contributed by atoms with Crippen molar-refractivity contribution in [1.82, 2.24) is 5.32 Å². The van der Waals surface area contributed by atoms with Crippen LogP contribution in [0.2, 0.25) is 0 Å². The Hall–Kier alpha value is -2.59. The second-order valence-corrected chi connectivity index (χ2v) is 3.62. The molecule has 2 amide bonds. The van der Waals surface area contributed by atoms with E-state index in [1.165, 1.54) is 6.07 Å². The molecule has 0 atom stereocenters. The molecule has 1 aromatic carbocycles. The minimum Gasteiger partial charge on any atom is -0.448 e. The number of primary amides is 1. The molecule has 0 bridgehead atoms. The molecule has 0 aromatic heterocycles. The van der Waals surface area contributed by atoms with Crippen LogP contribution < -0.4 is 16.8 Å². The maximum Gasteiger partial charge on any atom is 0.404 e. The van der Waals surface area contributed by atoms with E-state index in [0.29, 0.717) is 0 Å². The fourth-order valence-electron chi connectivity index (χ4n) is 1.38. The summed E-state index contributed by atoms with van der Waals surface area (Å²) in [6, 6.07) is 3.63. The molecule has 1 rings (SSSR count). The molecule has 0 aliphatic rings. The van der Waals surface area contributed by atoms with Crippen molar-refractivity contribution in [3.8, 4) is 11.8 Å². The lowest BCUT2D eigenvalue weighted by Crippen LogP contribution is -2.29. The minimum absolute atomic E-state index is 0.0495. The van der Waals surface area contributed by atoms with Crippen LogP contribution in [0, 0.1) is 17.7 Å². The Balaban J connectivity index is 2.74. The van der Waals surface area contributed by atoms with Crippen LogP contribution in [0.3, 0.4) is 0 Å². The number of nitrogens with two attached hydrogens (primary N) is 2. The van der Waals surface area contributed by atoms with Crippen LogP contribution in [0.5, 0.6) is 0 Å². The number of nitrogens with one attached hydrogen (secondary N) is 1. The molecule has 20 heavy (non-hydrogen) atoms. The van der Waals surface area contributed by atoms with E-state index >= 15 is 0 Å². The predicted molar refractivity (Wildman–Crippen MR) is 70.2 cm³/mol. The van der Waals surface area contributed by atoms with Crippen molar-refractivity contribution in [2.75, 3.05) is 19.7 Å². The van der Waals surface area contributed by atoms with Gasteiger partial charge < -0.3 is 21.5 Å². The van der Waals surface area contributed by atoms with Gasteiger partial charge in [0.05, 0.1) is 18.7 Å². The number of benzene rings is 1. The molecule has 0 unspecified atom stereocenters. The maximum absolute atomic E-state index is 13.1. The summed E-state index contributed by atoms with van der Waals surface area (Å²) in [5.74, 6) is 4.22. The van der Waals surface area contributed by atoms with E-state index in [-0.39, 0.29) is 30.8 Å². The highest BCUT2D eigenvalue weighted by Gasteiger charge is 2.10. The van der Waals surface area contributed by atoms with Gasteiger partial charge in [0.1, 0.15) is 12.4 Å². The summed E-state index contributed by atoms with van der Waals surface area (Å²) >= 11 is 0. The largest absolute Gasteiger partial charge is 0.448 e. The number of ether oxygens (including phenoxy) is 1. The lowest BCUT2D eigenvalue weighted by molar-refractivity contribution is 0.0936. The smallest absolute Gasteiger partial charge is 0.404 e. The quantitative estimate of drug-likeness (QED) is 0.531. The Morgan fingerprint density at radius 1 is 1.40 bits per heavy atom. The maximum atomic E-state index is 13.1. The first-order valence-corrected chi connectivity index (χ1v) is 5.73. The van der Waals surface area contributed by atoms with E-state index in [4.69, 9.17) is 11.5 Å². The average Bonchev–Trinajstić information content (AvgIpc) is 2.41. The van der Waals surface area contributed by atoms with E-state index in [1.807, 2.05) is 0 Å². The van der Waals surface area contributed by atoms with Crippen LogP contribution in [-0.4, -0.2) is 31.7 Å². The van der Waals surface area contributed by atoms with Crippen LogP contribution >= 0.6 is 0 Å². The van der Waals surface area contributed by atoms with Crippen LogP contribution in [-0.2, 0) is 4.74 Å². The van der Waals surface area contributed by atoms with Gasteiger partial charge in [0.15, 0.2) is 0 Å². The number of carbonyl (C=O) groups excluding carboxylic acids is 2. The van der Waals surface area contributed by atoms with Gasteiger partial charge in [-0.1, -0.05) is 11.8 Å². The summed E-state index contributed by atoms with van der Waals surface area (Å²) in [5, 5.41) is 2.50.